The number of Topliss-reactive ketones (excluding diaryl/α,β-unsaturated/α-hetero) is 1. The molecular weight excluding hydrogens is 835 g/mol. The summed E-state index contributed by atoms with van der Waals surface area (Å²) in [6.07, 6.45) is -11.0. The zero-order chi connectivity index (χ0) is 48.2. The lowest BCUT2D eigenvalue weighted by atomic mass is 9.42. The van der Waals surface area contributed by atoms with Gasteiger partial charge in [-0.3, -0.25) is 14.4 Å². The van der Waals surface area contributed by atoms with Crippen LogP contribution in [0.2, 0.25) is 0 Å². The van der Waals surface area contributed by atoms with E-state index in [9.17, 15) is 39.6 Å². The van der Waals surface area contributed by atoms with Crippen LogP contribution >= 0.6 is 0 Å². The topological polar surface area (TPSA) is 215 Å². The van der Waals surface area contributed by atoms with Crippen molar-refractivity contribution in [3.63, 3.8) is 0 Å². The summed E-state index contributed by atoms with van der Waals surface area (Å²) in [7, 11) is 0. The number of amides is 1. The van der Waals surface area contributed by atoms with E-state index in [0.29, 0.717) is 5.56 Å². The third-order valence-corrected chi connectivity index (χ3v) is 14.1. The van der Waals surface area contributed by atoms with Crippen molar-refractivity contribution >= 4 is 29.6 Å². The normalized spacial score (nSPS) is 32.2. The lowest BCUT2D eigenvalue weighted by Crippen LogP contribution is -2.79. The summed E-state index contributed by atoms with van der Waals surface area (Å²) in [6, 6.07) is 23.1. The number of hydrogen-bond donors (Lipinski definition) is 5. The summed E-state index contributed by atoms with van der Waals surface area (Å²) in [5.74, 6) is -7.90. The molecule has 0 saturated heterocycles. The van der Waals surface area contributed by atoms with Crippen molar-refractivity contribution < 1.29 is 63.3 Å². The van der Waals surface area contributed by atoms with E-state index in [2.05, 4.69) is 11.9 Å². The largest absolute Gasteiger partial charge is 0.489 e. The molecule has 3 saturated carbocycles. The summed E-state index contributed by atoms with van der Waals surface area (Å²) in [6.45, 7) is 18.6. The standard InChI is InChI=1S/C49H59NO13.C2H6/c1-9-48(63-27(2)3)35(53)25-34(52)47(8)40(48)42(62-44(57)32-23-17-12-18-24-32)49(59)26-33(28(4)36(46(49,6)7)39(41(47)55)60-29(5)51)61-45(58)38(54)37(30-19-13-10-14-20-30)50-43(56)31-21-15-11-16-22-31;1-2/h10-24,28,33-40,42,52-54,59H,2,9,25-26H2,1,3-8H3,(H,50,56);1-2H3/t28?,33-,34?,35+,36?,37-,38+,39+,40-,42-,47+,48-,49+;/m0./s1. The van der Waals surface area contributed by atoms with Gasteiger partial charge in [-0.25, -0.2) is 9.59 Å². The fraction of sp³-hybridized carbons (Fsp3) is 0.510. The molecule has 3 fully saturated rings. The molecule has 0 aliphatic heterocycles. The number of esters is 3. The van der Waals surface area contributed by atoms with E-state index in [4.69, 9.17) is 18.9 Å². The molecule has 3 aromatic carbocycles. The average molecular weight is 900 g/mol. The van der Waals surface area contributed by atoms with E-state index in [1.165, 1.54) is 26.0 Å². The van der Waals surface area contributed by atoms with Crippen molar-refractivity contribution in [1.82, 2.24) is 5.32 Å². The fourth-order valence-corrected chi connectivity index (χ4v) is 10.8. The lowest BCUT2D eigenvalue weighted by molar-refractivity contribution is -0.310. The fourth-order valence-electron chi connectivity index (χ4n) is 10.8. The van der Waals surface area contributed by atoms with E-state index in [1.54, 1.807) is 107 Å². The Morgan fingerprint density at radius 2 is 1.37 bits per heavy atom. The Morgan fingerprint density at radius 1 is 0.831 bits per heavy atom. The van der Waals surface area contributed by atoms with Crippen molar-refractivity contribution in [2.24, 2.45) is 28.6 Å². The predicted molar refractivity (Wildman–Crippen MR) is 240 cm³/mol. The third kappa shape index (κ3) is 9.23. The second kappa shape index (κ2) is 20.0. The molecule has 3 unspecified atom stereocenters. The molecule has 5 N–H and O–H groups in total. The first kappa shape index (κ1) is 50.6. The highest BCUT2D eigenvalue weighted by Crippen LogP contribution is 2.64. The number of aliphatic hydroxyl groups is 4. The molecular formula is C51H65NO13. The van der Waals surface area contributed by atoms with Crippen molar-refractivity contribution in [1.29, 1.82) is 0 Å². The number of aliphatic hydroxyl groups excluding tert-OH is 3. The minimum Gasteiger partial charge on any atom is -0.489 e. The molecule has 14 nitrogen and oxygen atoms in total. The number of nitrogens with one attached hydrogen (secondary N) is 1. The highest BCUT2D eigenvalue weighted by atomic mass is 16.6. The molecule has 0 radical (unpaired) electrons. The van der Waals surface area contributed by atoms with Crippen molar-refractivity contribution in [3.05, 3.63) is 120 Å². The van der Waals surface area contributed by atoms with Crippen molar-refractivity contribution in [2.75, 3.05) is 0 Å². The molecule has 2 bridgehead atoms. The smallest absolute Gasteiger partial charge is 0.338 e. The number of ketones is 1. The van der Waals surface area contributed by atoms with Crippen LogP contribution in [-0.4, -0.2) is 97.9 Å². The zero-order valence-electron chi connectivity index (χ0n) is 38.7. The van der Waals surface area contributed by atoms with Gasteiger partial charge in [0, 0.05) is 42.6 Å². The maximum atomic E-state index is 15.6. The Hall–Kier alpha value is -5.41. The number of rotatable bonds is 12. The minimum atomic E-state index is -2.34. The van der Waals surface area contributed by atoms with Gasteiger partial charge in [0.15, 0.2) is 18.0 Å². The van der Waals surface area contributed by atoms with Gasteiger partial charge in [0.05, 0.1) is 40.9 Å². The van der Waals surface area contributed by atoms with Gasteiger partial charge in [-0.2, -0.15) is 0 Å². The zero-order valence-corrected chi connectivity index (χ0v) is 38.7. The maximum Gasteiger partial charge on any atom is 0.338 e. The monoisotopic (exact) mass is 899 g/mol. The Labute approximate surface area is 381 Å². The first-order valence-corrected chi connectivity index (χ1v) is 22.4. The van der Waals surface area contributed by atoms with Crippen LogP contribution in [0.25, 0.3) is 0 Å². The van der Waals surface area contributed by atoms with Crippen molar-refractivity contribution in [3.8, 4) is 0 Å². The predicted octanol–water partition coefficient (Wildman–Crippen LogP) is 6.06. The van der Waals surface area contributed by atoms with Gasteiger partial charge < -0.3 is 44.7 Å². The summed E-state index contributed by atoms with van der Waals surface area (Å²) in [5, 5.41) is 52.5. The molecule has 1 amide bonds. The lowest BCUT2D eigenvalue weighted by Gasteiger charge is -2.67. The van der Waals surface area contributed by atoms with E-state index >= 15 is 4.79 Å². The number of carbonyl (C=O) groups is 5. The Morgan fingerprint density at radius 3 is 1.89 bits per heavy atom. The van der Waals surface area contributed by atoms with Crippen LogP contribution in [0.15, 0.2) is 103 Å². The summed E-state index contributed by atoms with van der Waals surface area (Å²) in [5.41, 5.74) is -7.06. The first-order valence-electron chi connectivity index (χ1n) is 22.4. The van der Waals surface area contributed by atoms with Gasteiger partial charge in [-0.05, 0) is 50.1 Å². The van der Waals surface area contributed by atoms with E-state index < -0.39 is 118 Å². The molecule has 0 spiro atoms. The minimum absolute atomic E-state index is 0.0462. The molecule has 6 rings (SSSR count). The number of carbonyl (C=O) groups excluding carboxylic acids is 5. The highest BCUT2D eigenvalue weighted by Gasteiger charge is 2.77. The van der Waals surface area contributed by atoms with E-state index in [0.717, 1.165) is 6.92 Å². The van der Waals surface area contributed by atoms with Crippen LogP contribution in [0.4, 0.5) is 0 Å². The van der Waals surface area contributed by atoms with E-state index in [-0.39, 0.29) is 29.7 Å². The van der Waals surface area contributed by atoms with E-state index in [1.807, 2.05) is 13.8 Å². The third-order valence-electron chi connectivity index (χ3n) is 14.1. The van der Waals surface area contributed by atoms with Crippen LogP contribution in [-0.2, 0) is 33.3 Å². The first-order chi connectivity index (χ1) is 30.6. The molecule has 65 heavy (non-hydrogen) atoms. The van der Waals surface area contributed by atoms with Crippen LogP contribution < -0.4 is 5.32 Å². The quantitative estimate of drug-likeness (QED) is 0.0796. The second-order valence-electron chi connectivity index (χ2n) is 18.1. The Kier molecular flexibility index (Phi) is 15.6. The van der Waals surface area contributed by atoms with Gasteiger partial charge in [-0.15, -0.1) is 0 Å². The number of hydrogen-bond acceptors (Lipinski definition) is 13. The average Bonchev–Trinajstić information content (AvgIpc) is 3.28. The van der Waals surface area contributed by atoms with Crippen LogP contribution in [0.3, 0.4) is 0 Å². The van der Waals surface area contributed by atoms with Gasteiger partial charge in [0.1, 0.15) is 23.4 Å². The molecule has 14 heteroatoms. The SMILES string of the molecule is C=C(C)O[C@@]1(CC)[C@H](O)CC(O)[C@@]2(C)C(=O)[C@H](OC(C)=O)C3C(C)[C@@H](OC(=O)[C@H](O)[C@@H](NC(=O)c4ccccc4)c4ccccc4)C[C@@](O)([C@@H](OC(=O)c4ccccc4)[C@H]12)C3(C)C.CC. The van der Waals surface area contributed by atoms with Crippen molar-refractivity contribution in [2.45, 2.75) is 135 Å². The Bertz CT molecular complexity index is 2180. The molecule has 352 valence electrons. The molecule has 3 aromatic rings. The molecule has 0 aromatic heterocycles. The van der Waals surface area contributed by atoms with Gasteiger partial charge in [-0.1, -0.05) is 115 Å². The highest BCUT2D eigenvalue weighted by molar-refractivity contribution is 5.95. The second-order valence-corrected chi connectivity index (χ2v) is 18.1. The number of ether oxygens (including phenoxy) is 4. The molecule has 3 aliphatic rings. The molecule has 3 aliphatic carbocycles. The van der Waals surface area contributed by atoms with Gasteiger partial charge >= 0.3 is 17.9 Å². The maximum absolute atomic E-state index is 15.6. The van der Waals surface area contributed by atoms with Crippen LogP contribution in [0.5, 0.6) is 0 Å². The number of allylic oxidation sites excluding steroid dienone is 1. The van der Waals surface area contributed by atoms with Crippen LogP contribution in [0.1, 0.15) is 114 Å². The Balaban J connectivity index is 0.00000391. The van der Waals surface area contributed by atoms with Crippen LogP contribution in [0, 0.1) is 28.6 Å². The summed E-state index contributed by atoms with van der Waals surface area (Å²) >= 11 is 0. The summed E-state index contributed by atoms with van der Waals surface area (Å²) in [4.78, 5) is 70.9. The number of fused-ring (bicyclic) bond motifs is 3. The van der Waals surface area contributed by atoms with Gasteiger partial charge in [0.25, 0.3) is 5.91 Å². The number of benzene rings is 3. The molecule has 13 atom stereocenters. The summed E-state index contributed by atoms with van der Waals surface area (Å²) < 4.78 is 25.1. The molecule has 0 heterocycles. The van der Waals surface area contributed by atoms with Gasteiger partial charge in [0.2, 0.25) is 0 Å².